The molecule has 0 radical (unpaired) electrons. The monoisotopic (exact) mass is 315 g/mol. The van der Waals surface area contributed by atoms with Crippen LogP contribution in [0.15, 0.2) is 52.2 Å². The maximum atomic E-state index is 11.5. The first-order valence-corrected chi connectivity index (χ1v) is 6.53. The molecule has 1 aromatic heterocycles. The minimum Gasteiger partial charge on any atom is -0.478 e. The molecule has 2 aromatic rings. The molecule has 0 aliphatic rings. The number of hydrazone groups is 1. The molecule has 1 aromatic carbocycles. The smallest absolute Gasteiger partial charge is 0.335 e. The maximum Gasteiger partial charge on any atom is 0.335 e. The Labute approximate surface area is 130 Å². The van der Waals surface area contributed by atoms with Crippen molar-refractivity contribution in [2.24, 2.45) is 5.10 Å². The van der Waals surface area contributed by atoms with Crippen LogP contribution in [0.3, 0.4) is 0 Å². The molecule has 0 atom stereocenters. The second-order valence-corrected chi connectivity index (χ2v) is 4.39. The van der Waals surface area contributed by atoms with E-state index < -0.39 is 17.8 Å². The summed E-state index contributed by atoms with van der Waals surface area (Å²) in [5, 5.41) is 14.8. The van der Waals surface area contributed by atoms with Crippen molar-refractivity contribution in [1.82, 2.24) is 10.7 Å². The van der Waals surface area contributed by atoms with Crippen LogP contribution in [0.25, 0.3) is 0 Å². The lowest BCUT2D eigenvalue weighted by atomic mass is 10.1. The SMILES string of the molecule is O=C(NCc1ccco1)C(=O)N/N=C\c1ccc(C(=O)O)cc1. The standard InChI is InChI=1S/C15H13N3O5/c19-13(16-9-12-2-1-7-23-12)14(20)18-17-8-10-3-5-11(6-4-10)15(21)22/h1-8H,9H2,(H,16,19)(H,18,20)(H,21,22)/b17-8-. The molecule has 8 nitrogen and oxygen atoms in total. The number of nitrogens with zero attached hydrogens (tertiary/aromatic N) is 1. The molecule has 0 saturated carbocycles. The summed E-state index contributed by atoms with van der Waals surface area (Å²) in [5.74, 6) is -2.28. The molecule has 0 aliphatic carbocycles. The number of carboxylic acids is 1. The summed E-state index contributed by atoms with van der Waals surface area (Å²) < 4.78 is 5.01. The summed E-state index contributed by atoms with van der Waals surface area (Å²) >= 11 is 0. The van der Waals surface area contributed by atoms with Crippen LogP contribution in [-0.2, 0) is 16.1 Å². The third kappa shape index (κ3) is 4.81. The van der Waals surface area contributed by atoms with Gasteiger partial charge in [-0.2, -0.15) is 5.10 Å². The van der Waals surface area contributed by atoms with E-state index in [1.54, 1.807) is 12.1 Å². The van der Waals surface area contributed by atoms with E-state index in [9.17, 15) is 14.4 Å². The fraction of sp³-hybridized carbons (Fsp3) is 0.0667. The fourth-order valence-corrected chi connectivity index (χ4v) is 1.59. The zero-order chi connectivity index (χ0) is 16.7. The van der Waals surface area contributed by atoms with E-state index in [-0.39, 0.29) is 12.1 Å². The average molecular weight is 315 g/mol. The Morgan fingerprint density at radius 3 is 2.48 bits per heavy atom. The van der Waals surface area contributed by atoms with Gasteiger partial charge in [-0.25, -0.2) is 10.2 Å². The number of rotatable bonds is 5. The van der Waals surface area contributed by atoms with Crippen molar-refractivity contribution in [1.29, 1.82) is 0 Å². The zero-order valence-corrected chi connectivity index (χ0v) is 11.9. The predicted molar refractivity (Wildman–Crippen MR) is 79.7 cm³/mol. The van der Waals surface area contributed by atoms with Gasteiger partial charge in [0, 0.05) is 0 Å². The van der Waals surface area contributed by atoms with Crippen molar-refractivity contribution in [3.63, 3.8) is 0 Å². The van der Waals surface area contributed by atoms with Gasteiger partial charge in [-0.05, 0) is 29.8 Å². The number of nitrogens with one attached hydrogen (secondary N) is 2. The van der Waals surface area contributed by atoms with Crippen LogP contribution in [0.2, 0.25) is 0 Å². The largest absolute Gasteiger partial charge is 0.478 e. The molecule has 3 N–H and O–H groups in total. The second kappa shape index (κ2) is 7.55. The number of aromatic carboxylic acids is 1. The molecule has 8 heteroatoms. The lowest BCUT2D eigenvalue weighted by Gasteiger charge is -2.01. The van der Waals surface area contributed by atoms with E-state index in [0.29, 0.717) is 11.3 Å². The minimum atomic E-state index is -1.03. The number of benzene rings is 1. The number of carbonyl (C=O) groups excluding carboxylic acids is 2. The van der Waals surface area contributed by atoms with Gasteiger partial charge in [-0.3, -0.25) is 9.59 Å². The molecule has 2 amide bonds. The minimum absolute atomic E-state index is 0.0968. The topological polar surface area (TPSA) is 121 Å². The van der Waals surface area contributed by atoms with Gasteiger partial charge >= 0.3 is 17.8 Å². The highest BCUT2D eigenvalue weighted by Gasteiger charge is 2.12. The van der Waals surface area contributed by atoms with Gasteiger partial charge in [0.05, 0.1) is 24.6 Å². The van der Waals surface area contributed by atoms with Crippen LogP contribution >= 0.6 is 0 Å². The van der Waals surface area contributed by atoms with Crippen molar-refractivity contribution in [3.05, 3.63) is 59.5 Å². The molecule has 1 heterocycles. The van der Waals surface area contributed by atoms with Crippen LogP contribution in [-0.4, -0.2) is 29.1 Å². The molecule has 0 fully saturated rings. The van der Waals surface area contributed by atoms with Crippen LogP contribution in [0.1, 0.15) is 21.7 Å². The number of furan rings is 1. The summed E-state index contributed by atoms with van der Waals surface area (Å²) in [4.78, 5) is 33.7. The fourth-order valence-electron chi connectivity index (χ4n) is 1.59. The van der Waals surface area contributed by atoms with Crippen molar-refractivity contribution in [2.45, 2.75) is 6.54 Å². The quantitative estimate of drug-likeness (QED) is 0.427. The number of hydrogen-bond donors (Lipinski definition) is 3. The highest BCUT2D eigenvalue weighted by Crippen LogP contribution is 2.02. The van der Waals surface area contributed by atoms with Gasteiger partial charge in [0.15, 0.2) is 0 Å². The van der Waals surface area contributed by atoms with Crippen molar-refractivity contribution < 1.29 is 23.9 Å². The van der Waals surface area contributed by atoms with Crippen LogP contribution in [0.5, 0.6) is 0 Å². The van der Waals surface area contributed by atoms with Crippen LogP contribution in [0.4, 0.5) is 0 Å². The lowest BCUT2D eigenvalue weighted by molar-refractivity contribution is -0.139. The van der Waals surface area contributed by atoms with Gasteiger partial charge in [0.25, 0.3) is 0 Å². The Balaban J connectivity index is 1.80. The molecular weight excluding hydrogens is 302 g/mol. The van der Waals surface area contributed by atoms with Gasteiger partial charge in [0.2, 0.25) is 0 Å². The van der Waals surface area contributed by atoms with Crippen molar-refractivity contribution in [2.75, 3.05) is 0 Å². The lowest BCUT2D eigenvalue weighted by Crippen LogP contribution is -2.37. The molecule has 0 aliphatic heterocycles. The second-order valence-electron chi connectivity index (χ2n) is 4.39. The van der Waals surface area contributed by atoms with E-state index in [4.69, 9.17) is 9.52 Å². The highest BCUT2D eigenvalue weighted by molar-refractivity contribution is 6.35. The molecule has 0 saturated heterocycles. The molecule has 23 heavy (non-hydrogen) atoms. The molecule has 2 rings (SSSR count). The Bertz CT molecular complexity index is 720. The molecule has 0 spiro atoms. The Kier molecular flexibility index (Phi) is 5.24. The summed E-state index contributed by atoms with van der Waals surface area (Å²) in [6.07, 6.45) is 2.75. The summed E-state index contributed by atoms with van der Waals surface area (Å²) in [5.41, 5.74) is 2.79. The first kappa shape index (κ1) is 16.0. The van der Waals surface area contributed by atoms with E-state index in [1.165, 1.54) is 36.7 Å². The summed E-state index contributed by atoms with van der Waals surface area (Å²) in [7, 11) is 0. The van der Waals surface area contributed by atoms with Gasteiger partial charge in [0.1, 0.15) is 5.76 Å². The first-order chi connectivity index (χ1) is 11.1. The van der Waals surface area contributed by atoms with Crippen LogP contribution < -0.4 is 10.7 Å². The number of carboxylic acid groups (broad SMARTS) is 1. The van der Waals surface area contributed by atoms with Gasteiger partial charge in [-0.1, -0.05) is 12.1 Å². The third-order valence-corrected chi connectivity index (χ3v) is 2.75. The van der Waals surface area contributed by atoms with E-state index >= 15 is 0 Å². The van der Waals surface area contributed by atoms with Crippen molar-refractivity contribution in [3.8, 4) is 0 Å². The number of amides is 2. The number of carbonyl (C=O) groups is 3. The number of hydrogen-bond acceptors (Lipinski definition) is 5. The molecule has 0 bridgehead atoms. The Morgan fingerprint density at radius 1 is 1.13 bits per heavy atom. The first-order valence-electron chi connectivity index (χ1n) is 6.53. The maximum absolute atomic E-state index is 11.5. The Hall–Kier alpha value is -3.42. The van der Waals surface area contributed by atoms with E-state index in [0.717, 1.165) is 0 Å². The molecule has 118 valence electrons. The normalized spacial score (nSPS) is 10.4. The van der Waals surface area contributed by atoms with Crippen molar-refractivity contribution >= 4 is 24.0 Å². The van der Waals surface area contributed by atoms with Gasteiger partial charge in [-0.15, -0.1) is 0 Å². The zero-order valence-electron chi connectivity index (χ0n) is 11.9. The van der Waals surface area contributed by atoms with E-state index in [2.05, 4.69) is 15.8 Å². The van der Waals surface area contributed by atoms with E-state index in [1.807, 2.05) is 0 Å². The summed E-state index contributed by atoms with van der Waals surface area (Å²) in [6.45, 7) is 0.0968. The molecule has 0 unspecified atom stereocenters. The van der Waals surface area contributed by atoms with Gasteiger partial charge < -0.3 is 14.8 Å². The highest BCUT2D eigenvalue weighted by atomic mass is 16.4. The Morgan fingerprint density at radius 2 is 1.87 bits per heavy atom. The van der Waals surface area contributed by atoms with Crippen LogP contribution in [0, 0.1) is 0 Å². The average Bonchev–Trinajstić information content (AvgIpc) is 3.06. The third-order valence-electron chi connectivity index (χ3n) is 2.75. The predicted octanol–water partition coefficient (Wildman–Crippen LogP) is 0.744. The summed E-state index contributed by atoms with van der Waals surface area (Å²) in [6, 6.07) is 9.19. The molecular formula is C15H13N3O5.